The summed E-state index contributed by atoms with van der Waals surface area (Å²) in [4.78, 5) is 14.0. The van der Waals surface area contributed by atoms with E-state index in [9.17, 15) is 4.79 Å². The Morgan fingerprint density at radius 1 is 1.33 bits per heavy atom. The van der Waals surface area contributed by atoms with Crippen molar-refractivity contribution in [3.8, 4) is 5.75 Å². The fourth-order valence-corrected chi connectivity index (χ4v) is 2.32. The van der Waals surface area contributed by atoms with Crippen molar-refractivity contribution in [2.45, 2.75) is 24.6 Å². The minimum atomic E-state index is 0.184. The van der Waals surface area contributed by atoms with E-state index in [2.05, 4.69) is 0 Å². The summed E-state index contributed by atoms with van der Waals surface area (Å²) in [6.45, 7) is 1.56. The van der Waals surface area contributed by atoms with E-state index in [4.69, 9.17) is 16.3 Å². The lowest BCUT2D eigenvalue weighted by Crippen LogP contribution is -2.39. The maximum absolute atomic E-state index is 12.1. The van der Waals surface area contributed by atoms with Gasteiger partial charge in [0, 0.05) is 18.5 Å². The number of alkyl halides is 1. The zero-order valence-electron chi connectivity index (χ0n) is 10.6. The number of carbonyl (C=O) groups excluding carboxylic acids is 1. The fraction of sp³-hybridized carbons (Fsp3) is 0.500. The van der Waals surface area contributed by atoms with Gasteiger partial charge in [-0.3, -0.25) is 4.79 Å². The highest BCUT2D eigenvalue weighted by atomic mass is 35.5. The predicted molar refractivity (Wildman–Crippen MR) is 72.2 cm³/mol. The van der Waals surface area contributed by atoms with Crippen molar-refractivity contribution in [3.05, 3.63) is 29.8 Å². The summed E-state index contributed by atoms with van der Waals surface area (Å²) in [6.07, 6.45) is 2.25. The van der Waals surface area contributed by atoms with Gasteiger partial charge in [0.2, 0.25) is 5.91 Å². The van der Waals surface area contributed by atoms with E-state index in [0.29, 0.717) is 6.42 Å². The number of carbonyl (C=O) groups is 1. The van der Waals surface area contributed by atoms with Gasteiger partial charge in [-0.15, -0.1) is 11.6 Å². The molecular weight excluding hydrogens is 250 g/mol. The Hall–Kier alpha value is -1.22. The van der Waals surface area contributed by atoms with Crippen molar-refractivity contribution >= 4 is 17.5 Å². The smallest absolute Gasteiger partial charge is 0.226 e. The highest BCUT2D eigenvalue weighted by Gasteiger charge is 2.21. The molecule has 0 atom stereocenters. The van der Waals surface area contributed by atoms with Gasteiger partial charge in [-0.2, -0.15) is 0 Å². The lowest BCUT2D eigenvalue weighted by atomic mass is 10.1. The number of nitrogens with zero attached hydrogens (tertiary/aromatic N) is 1. The van der Waals surface area contributed by atoms with E-state index in [0.717, 1.165) is 37.2 Å². The summed E-state index contributed by atoms with van der Waals surface area (Å²) >= 11 is 6.03. The fourth-order valence-electron chi connectivity index (χ4n) is 2.13. The van der Waals surface area contributed by atoms with Crippen LogP contribution in [0, 0.1) is 0 Å². The number of ether oxygens (including phenoxy) is 1. The zero-order valence-corrected chi connectivity index (χ0v) is 11.3. The van der Waals surface area contributed by atoms with E-state index in [1.807, 2.05) is 29.2 Å². The number of methoxy groups -OCH3 is 1. The average molecular weight is 268 g/mol. The highest BCUT2D eigenvalue weighted by Crippen LogP contribution is 2.17. The molecule has 1 aliphatic rings. The lowest BCUT2D eigenvalue weighted by molar-refractivity contribution is -0.131. The molecule has 0 spiro atoms. The number of benzene rings is 1. The third-order valence-corrected chi connectivity index (χ3v) is 3.73. The molecule has 1 aromatic rings. The SMILES string of the molecule is COc1ccc(CC(=O)N2CCC(Cl)CC2)cc1. The molecule has 1 saturated heterocycles. The molecule has 0 bridgehead atoms. The molecule has 4 heteroatoms. The Bertz CT molecular complexity index is 397. The van der Waals surface area contributed by atoms with E-state index >= 15 is 0 Å². The molecule has 0 radical (unpaired) electrons. The van der Waals surface area contributed by atoms with Crippen molar-refractivity contribution < 1.29 is 9.53 Å². The summed E-state index contributed by atoms with van der Waals surface area (Å²) in [6, 6.07) is 7.64. The largest absolute Gasteiger partial charge is 0.497 e. The van der Waals surface area contributed by atoms with Gasteiger partial charge >= 0.3 is 0 Å². The maximum Gasteiger partial charge on any atom is 0.226 e. The summed E-state index contributed by atoms with van der Waals surface area (Å²) in [5, 5.41) is 0.232. The number of amides is 1. The summed E-state index contributed by atoms with van der Waals surface area (Å²) < 4.78 is 5.09. The molecule has 1 amide bonds. The lowest BCUT2D eigenvalue weighted by Gasteiger charge is -2.29. The maximum atomic E-state index is 12.1. The summed E-state index contributed by atoms with van der Waals surface area (Å²) in [5.41, 5.74) is 1.02. The highest BCUT2D eigenvalue weighted by molar-refractivity contribution is 6.20. The van der Waals surface area contributed by atoms with E-state index in [1.165, 1.54) is 0 Å². The second-order valence-corrected chi connectivity index (χ2v) is 5.20. The number of rotatable bonds is 3. The van der Waals surface area contributed by atoms with Crippen LogP contribution in [0.5, 0.6) is 5.75 Å². The Kier molecular flexibility index (Phi) is 4.48. The monoisotopic (exact) mass is 267 g/mol. The second-order valence-electron chi connectivity index (χ2n) is 4.58. The Morgan fingerprint density at radius 2 is 1.94 bits per heavy atom. The third kappa shape index (κ3) is 3.39. The van der Waals surface area contributed by atoms with Crippen LogP contribution in [0.15, 0.2) is 24.3 Å². The van der Waals surface area contributed by atoms with Gasteiger partial charge in [-0.25, -0.2) is 0 Å². The first-order chi connectivity index (χ1) is 8.69. The molecule has 0 unspecified atom stereocenters. The molecule has 0 aliphatic carbocycles. The number of hydrogen-bond donors (Lipinski definition) is 0. The van der Waals surface area contributed by atoms with Crippen molar-refractivity contribution in [3.63, 3.8) is 0 Å². The molecule has 2 rings (SSSR count). The summed E-state index contributed by atoms with van der Waals surface area (Å²) in [7, 11) is 1.64. The standard InChI is InChI=1S/C14H18ClNO2/c1-18-13-4-2-11(3-5-13)10-14(17)16-8-6-12(15)7-9-16/h2-5,12H,6-10H2,1H3. The molecule has 18 heavy (non-hydrogen) atoms. The molecule has 98 valence electrons. The van der Waals surface area contributed by atoms with Gasteiger partial charge in [0.15, 0.2) is 0 Å². The number of likely N-dealkylation sites (tertiary alicyclic amines) is 1. The van der Waals surface area contributed by atoms with Crippen LogP contribution in [-0.2, 0) is 11.2 Å². The predicted octanol–water partition coefficient (Wildman–Crippen LogP) is 2.47. The van der Waals surface area contributed by atoms with Crippen LogP contribution in [-0.4, -0.2) is 36.4 Å². The molecule has 3 nitrogen and oxygen atoms in total. The van der Waals surface area contributed by atoms with Crippen LogP contribution in [0.4, 0.5) is 0 Å². The Labute approximate surface area is 113 Å². The quantitative estimate of drug-likeness (QED) is 0.788. The normalized spacial score (nSPS) is 16.7. The first-order valence-electron chi connectivity index (χ1n) is 6.24. The van der Waals surface area contributed by atoms with Crippen LogP contribution in [0.3, 0.4) is 0 Å². The molecule has 0 aromatic heterocycles. The van der Waals surface area contributed by atoms with Crippen molar-refractivity contribution in [1.29, 1.82) is 0 Å². The minimum Gasteiger partial charge on any atom is -0.497 e. The number of hydrogen-bond acceptors (Lipinski definition) is 2. The first-order valence-corrected chi connectivity index (χ1v) is 6.67. The van der Waals surface area contributed by atoms with E-state index < -0.39 is 0 Å². The second kappa shape index (κ2) is 6.10. The average Bonchev–Trinajstić information content (AvgIpc) is 2.40. The van der Waals surface area contributed by atoms with Crippen LogP contribution in [0.1, 0.15) is 18.4 Å². The van der Waals surface area contributed by atoms with Gasteiger partial charge in [-0.05, 0) is 30.5 Å². The molecule has 0 N–H and O–H groups in total. The molecule has 1 heterocycles. The van der Waals surface area contributed by atoms with Crippen LogP contribution >= 0.6 is 11.6 Å². The topological polar surface area (TPSA) is 29.5 Å². The molecular formula is C14H18ClNO2. The Balaban J connectivity index is 1.90. The van der Waals surface area contributed by atoms with Crippen LogP contribution in [0.25, 0.3) is 0 Å². The molecule has 0 saturated carbocycles. The van der Waals surface area contributed by atoms with Gasteiger partial charge < -0.3 is 9.64 Å². The Morgan fingerprint density at radius 3 is 2.50 bits per heavy atom. The number of piperidine rings is 1. The van der Waals surface area contributed by atoms with Crippen molar-refractivity contribution in [2.24, 2.45) is 0 Å². The van der Waals surface area contributed by atoms with Crippen LogP contribution < -0.4 is 4.74 Å². The molecule has 1 aromatic carbocycles. The minimum absolute atomic E-state index is 0.184. The van der Waals surface area contributed by atoms with Gasteiger partial charge in [0.1, 0.15) is 5.75 Å². The summed E-state index contributed by atoms with van der Waals surface area (Å²) in [5.74, 6) is 0.998. The zero-order chi connectivity index (χ0) is 13.0. The third-order valence-electron chi connectivity index (χ3n) is 3.29. The van der Waals surface area contributed by atoms with Gasteiger partial charge in [0.25, 0.3) is 0 Å². The van der Waals surface area contributed by atoms with Crippen molar-refractivity contribution in [2.75, 3.05) is 20.2 Å². The van der Waals surface area contributed by atoms with Gasteiger partial charge in [-0.1, -0.05) is 12.1 Å². The molecule has 1 aliphatic heterocycles. The van der Waals surface area contributed by atoms with E-state index in [-0.39, 0.29) is 11.3 Å². The van der Waals surface area contributed by atoms with Crippen molar-refractivity contribution in [1.82, 2.24) is 4.90 Å². The first kappa shape index (κ1) is 13.2. The number of halogens is 1. The van der Waals surface area contributed by atoms with Crippen LogP contribution in [0.2, 0.25) is 0 Å². The molecule has 1 fully saturated rings. The van der Waals surface area contributed by atoms with Gasteiger partial charge in [0.05, 0.1) is 13.5 Å². The van der Waals surface area contributed by atoms with E-state index in [1.54, 1.807) is 7.11 Å².